The molecule has 0 saturated carbocycles. The summed E-state index contributed by atoms with van der Waals surface area (Å²) in [6.45, 7) is 2.00. The minimum Gasteiger partial charge on any atom is -0.351 e. The average molecular weight is 298 g/mol. The third-order valence-electron chi connectivity index (χ3n) is 3.05. The Balaban J connectivity index is 2.33. The molecule has 0 aliphatic heterocycles. The maximum absolute atomic E-state index is 11.5. The van der Waals surface area contributed by atoms with Gasteiger partial charge in [0.2, 0.25) is 0 Å². The molecule has 2 aromatic rings. The molecule has 6 heteroatoms. The van der Waals surface area contributed by atoms with Crippen molar-refractivity contribution >= 4 is 29.0 Å². The molecule has 1 N–H and O–H groups in total. The SMILES string of the molecule is CC(c1ccc(Cl)cc1)N(C)c1nc[nH]c(=O)c1Cl. The molecule has 0 saturated heterocycles. The van der Waals surface area contributed by atoms with E-state index in [0.29, 0.717) is 10.8 Å². The Bertz CT molecular complexity index is 625. The van der Waals surface area contributed by atoms with Crippen molar-refractivity contribution in [3.8, 4) is 0 Å². The van der Waals surface area contributed by atoms with Gasteiger partial charge >= 0.3 is 0 Å². The van der Waals surface area contributed by atoms with Crippen molar-refractivity contribution in [2.45, 2.75) is 13.0 Å². The van der Waals surface area contributed by atoms with Crippen molar-refractivity contribution in [3.63, 3.8) is 0 Å². The van der Waals surface area contributed by atoms with Crippen LogP contribution < -0.4 is 10.5 Å². The van der Waals surface area contributed by atoms with E-state index in [0.717, 1.165) is 5.56 Å². The van der Waals surface area contributed by atoms with Gasteiger partial charge in [0.15, 0.2) is 5.82 Å². The molecule has 1 atom stereocenters. The number of aromatic amines is 1. The van der Waals surface area contributed by atoms with E-state index >= 15 is 0 Å². The molecule has 1 unspecified atom stereocenters. The number of halogens is 2. The monoisotopic (exact) mass is 297 g/mol. The number of aromatic nitrogens is 2. The Morgan fingerprint density at radius 2 is 1.89 bits per heavy atom. The standard InChI is InChI=1S/C13H13Cl2N3O/c1-8(9-3-5-10(14)6-4-9)18(2)12-11(15)13(19)17-7-16-12/h3-8H,1-2H3,(H,16,17,19). The second kappa shape index (κ2) is 5.63. The van der Waals surface area contributed by atoms with Crippen LogP contribution in [0.25, 0.3) is 0 Å². The maximum Gasteiger partial charge on any atom is 0.271 e. The molecule has 100 valence electrons. The molecule has 0 fully saturated rings. The first-order chi connectivity index (χ1) is 9.00. The van der Waals surface area contributed by atoms with E-state index in [1.54, 1.807) is 0 Å². The van der Waals surface area contributed by atoms with Crippen LogP contribution in [0.15, 0.2) is 35.4 Å². The lowest BCUT2D eigenvalue weighted by molar-refractivity contribution is 0.726. The summed E-state index contributed by atoms with van der Waals surface area (Å²) in [5.41, 5.74) is 0.715. The van der Waals surface area contributed by atoms with Gasteiger partial charge in [-0.15, -0.1) is 0 Å². The van der Waals surface area contributed by atoms with Crippen molar-refractivity contribution in [2.24, 2.45) is 0 Å². The van der Waals surface area contributed by atoms with Crippen LogP contribution in [0.1, 0.15) is 18.5 Å². The third-order valence-corrected chi connectivity index (χ3v) is 3.64. The van der Waals surface area contributed by atoms with Gasteiger partial charge in [0, 0.05) is 12.1 Å². The van der Waals surface area contributed by atoms with E-state index in [4.69, 9.17) is 23.2 Å². The van der Waals surface area contributed by atoms with E-state index in [2.05, 4.69) is 9.97 Å². The molecule has 4 nitrogen and oxygen atoms in total. The lowest BCUT2D eigenvalue weighted by Gasteiger charge is -2.26. The largest absolute Gasteiger partial charge is 0.351 e. The smallest absolute Gasteiger partial charge is 0.271 e. The van der Waals surface area contributed by atoms with Crippen LogP contribution in [0.4, 0.5) is 5.82 Å². The average Bonchev–Trinajstić information content (AvgIpc) is 2.41. The number of hydrogen-bond acceptors (Lipinski definition) is 3. The van der Waals surface area contributed by atoms with Crippen LogP contribution in [0.3, 0.4) is 0 Å². The van der Waals surface area contributed by atoms with E-state index < -0.39 is 0 Å². The zero-order valence-electron chi connectivity index (χ0n) is 10.5. The highest BCUT2D eigenvalue weighted by molar-refractivity contribution is 6.32. The molecule has 0 amide bonds. The topological polar surface area (TPSA) is 49.0 Å². The Hall–Kier alpha value is -1.52. The van der Waals surface area contributed by atoms with Crippen LogP contribution in [0.2, 0.25) is 10.0 Å². The van der Waals surface area contributed by atoms with Crippen molar-refractivity contribution in [2.75, 3.05) is 11.9 Å². The van der Waals surface area contributed by atoms with Crippen LogP contribution in [-0.2, 0) is 0 Å². The molecule has 0 aliphatic carbocycles. The van der Waals surface area contributed by atoms with Gasteiger partial charge in [-0.1, -0.05) is 35.3 Å². The minimum absolute atomic E-state index is 0.0177. The summed E-state index contributed by atoms with van der Waals surface area (Å²) in [7, 11) is 1.84. The number of benzene rings is 1. The second-order valence-corrected chi connectivity index (χ2v) is 5.02. The van der Waals surface area contributed by atoms with Crippen molar-refractivity contribution < 1.29 is 0 Å². The van der Waals surface area contributed by atoms with E-state index in [1.807, 2.05) is 43.1 Å². The Kier molecular flexibility index (Phi) is 4.12. The van der Waals surface area contributed by atoms with Crippen LogP contribution in [0, 0.1) is 0 Å². The van der Waals surface area contributed by atoms with Crippen molar-refractivity contribution in [3.05, 3.63) is 56.6 Å². The fourth-order valence-corrected chi connectivity index (χ4v) is 2.13. The van der Waals surface area contributed by atoms with Crippen LogP contribution in [-0.4, -0.2) is 17.0 Å². The summed E-state index contributed by atoms with van der Waals surface area (Å²) in [6.07, 6.45) is 1.34. The van der Waals surface area contributed by atoms with Crippen molar-refractivity contribution in [1.29, 1.82) is 0 Å². The maximum atomic E-state index is 11.5. The summed E-state index contributed by atoms with van der Waals surface area (Å²) in [4.78, 5) is 19.9. The molecular formula is C13H13Cl2N3O. The predicted octanol–water partition coefficient (Wildman–Crippen LogP) is 3.27. The quantitative estimate of drug-likeness (QED) is 0.946. The molecule has 2 rings (SSSR count). The van der Waals surface area contributed by atoms with Gasteiger partial charge in [-0.3, -0.25) is 4.79 Å². The number of nitrogens with zero attached hydrogens (tertiary/aromatic N) is 2. The van der Waals surface area contributed by atoms with Gasteiger partial charge in [0.25, 0.3) is 5.56 Å². The Morgan fingerprint density at radius 1 is 1.26 bits per heavy atom. The second-order valence-electron chi connectivity index (χ2n) is 4.21. The summed E-state index contributed by atoms with van der Waals surface area (Å²) in [5, 5.41) is 0.775. The highest BCUT2D eigenvalue weighted by Gasteiger charge is 2.17. The zero-order valence-corrected chi connectivity index (χ0v) is 12.0. The first-order valence-corrected chi connectivity index (χ1v) is 6.47. The van der Waals surface area contributed by atoms with Gasteiger partial charge < -0.3 is 9.88 Å². The van der Waals surface area contributed by atoms with Crippen molar-refractivity contribution in [1.82, 2.24) is 9.97 Å². The lowest BCUT2D eigenvalue weighted by atomic mass is 10.1. The number of hydrogen-bond donors (Lipinski definition) is 1. The number of nitrogens with one attached hydrogen (secondary N) is 1. The summed E-state index contributed by atoms with van der Waals surface area (Å²) < 4.78 is 0. The van der Waals surface area contributed by atoms with E-state index in [9.17, 15) is 4.79 Å². The van der Waals surface area contributed by atoms with Gasteiger partial charge in [0.05, 0.1) is 12.4 Å². The third kappa shape index (κ3) is 2.91. The zero-order chi connectivity index (χ0) is 14.0. The summed E-state index contributed by atoms with van der Waals surface area (Å²) in [5.74, 6) is 0.452. The van der Waals surface area contributed by atoms with Gasteiger partial charge in [-0.05, 0) is 24.6 Å². The minimum atomic E-state index is -0.346. The number of anilines is 1. The highest BCUT2D eigenvalue weighted by atomic mass is 35.5. The highest BCUT2D eigenvalue weighted by Crippen LogP contribution is 2.27. The Morgan fingerprint density at radius 3 is 2.53 bits per heavy atom. The van der Waals surface area contributed by atoms with E-state index in [1.165, 1.54) is 6.33 Å². The predicted molar refractivity (Wildman–Crippen MR) is 78.1 cm³/mol. The lowest BCUT2D eigenvalue weighted by Crippen LogP contribution is -2.25. The molecule has 1 aromatic heterocycles. The molecular weight excluding hydrogens is 285 g/mol. The molecule has 0 spiro atoms. The summed E-state index contributed by atoms with van der Waals surface area (Å²) >= 11 is 11.8. The fraction of sp³-hybridized carbons (Fsp3) is 0.231. The molecule has 19 heavy (non-hydrogen) atoms. The molecule has 0 radical (unpaired) electrons. The summed E-state index contributed by atoms with van der Waals surface area (Å²) in [6, 6.07) is 7.54. The molecule has 1 aromatic carbocycles. The molecule has 1 heterocycles. The fourth-order valence-electron chi connectivity index (χ4n) is 1.77. The van der Waals surface area contributed by atoms with Crippen LogP contribution in [0.5, 0.6) is 0 Å². The first kappa shape index (κ1) is 13.9. The number of rotatable bonds is 3. The van der Waals surface area contributed by atoms with Gasteiger partial charge in [-0.25, -0.2) is 4.98 Å². The van der Waals surface area contributed by atoms with Gasteiger partial charge in [-0.2, -0.15) is 0 Å². The molecule has 0 bridgehead atoms. The first-order valence-electron chi connectivity index (χ1n) is 5.72. The van der Waals surface area contributed by atoms with Gasteiger partial charge in [0.1, 0.15) is 5.02 Å². The van der Waals surface area contributed by atoms with Crippen LogP contribution >= 0.6 is 23.2 Å². The normalized spacial score (nSPS) is 12.2. The Labute approximate surface area is 121 Å². The number of H-pyrrole nitrogens is 1. The van der Waals surface area contributed by atoms with E-state index in [-0.39, 0.29) is 16.6 Å². The molecule has 0 aliphatic rings.